The number of methoxy groups -OCH3 is 2. The van der Waals surface area contributed by atoms with Crippen LogP contribution in [0, 0.1) is 11.8 Å². The minimum Gasteiger partial charge on any atom is -0.469 e. The highest BCUT2D eigenvalue weighted by Gasteiger charge is 2.25. The highest BCUT2D eigenvalue weighted by atomic mass is 16.5. The Kier molecular flexibility index (Phi) is 6.25. The summed E-state index contributed by atoms with van der Waals surface area (Å²) in [7, 11) is 3.04. The molecule has 0 amide bonds. The highest BCUT2D eigenvalue weighted by Crippen LogP contribution is 2.26. The molecule has 3 nitrogen and oxygen atoms in total. The van der Waals surface area contributed by atoms with Gasteiger partial charge in [-0.2, -0.15) is 0 Å². The maximum Gasteiger partial charge on any atom is 0.306 e. The fourth-order valence-corrected chi connectivity index (χ4v) is 1.45. The highest BCUT2D eigenvalue weighted by molar-refractivity contribution is 5.70. The molecule has 0 N–H and O–H groups in total. The molecule has 15 heavy (non-hydrogen) atoms. The molecule has 2 atom stereocenters. The Bertz CT molecular complexity index is 221. The predicted octanol–water partition coefficient (Wildman–Crippen LogP) is 2.41. The Morgan fingerprint density at radius 3 is 2.13 bits per heavy atom. The second-order valence-electron chi connectivity index (χ2n) is 4.06. The lowest BCUT2D eigenvalue weighted by molar-refractivity contribution is -0.142. The zero-order valence-corrected chi connectivity index (χ0v) is 10.4. The van der Waals surface area contributed by atoms with Crippen LogP contribution in [0.3, 0.4) is 0 Å². The first-order chi connectivity index (χ1) is 6.93. The number of hydrogen-bond acceptors (Lipinski definition) is 3. The van der Waals surface area contributed by atoms with Crippen LogP contribution < -0.4 is 0 Å². The van der Waals surface area contributed by atoms with Gasteiger partial charge in [0.25, 0.3) is 0 Å². The van der Waals surface area contributed by atoms with E-state index >= 15 is 0 Å². The summed E-state index contributed by atoms with van der Waals surface area (Å²) in [4.78, 5) is 11.3. The average molecular weight is 214 g/mol. The van der Waals surface area contributed by atoms with Crippen molar-refractivity contribution >= 4 is 5.97 Å². The smallest absolute Gasteiger partial charge is 0.306 e. The summed E-state index contributed by atoms with van der Waals surface area (Å²) in [5, 5.41) is 0. The van der Waals surface area contributed by atoms with E-state index in [2.05, 4.69) is 25.2 Å². The molecule has 0 rings (SSSR count). The minimum atomic E-state index is -0.217. The molecule has 0 saturated carbocycles. The lowest BCUT2D eigenvalue weighted by Crippen LogP contribution is -2.26. The number of hydrogen-bond donors (Lipinski definition) is 0. The van der Waals surface area contributed by atoms with Crippen LogP contribution in [0.5, 0.6) is 0 Å². The summed E-state index contributed by atoms with van der Waals surface area (Å²) in [5.74, 6) is 0.158. The van der Waals surface area contributed by atoms with Gasteiger partial charge in [0.1, 0.15) is 0 Å². The van der Waals surface area contributed by atoms with Crippen molar-refractivity contribution in [2.24, 2.45) is 11.8 Å². The van der Waals surface area contributed by atoms with E-state index in [1.165, 1.54) is 7.11 Å². The molecule has 0 fully saturated rings. The molecular weight excluding hydrogens is 192 g/mol. The van der Waals surface area contributed by atoms with Gasteiger partial charge in [-0.25, -0.2) is 0 Å². The molecule has 0 aliphatic carbocycles. The van der Waals surface area contributed by atoms with Crippen molar-refractivity contribution in [2.45, 2.75) is 33.3 Å². The summed E-state index contributed by atoms with van der Waals surface area (Å²) < 4.78 is 9.93. The van der Waals surface area contributed by atoms with Crippen molar-refractivity contribution in [3.8, 4) is 0 Å². The lowest BCUT2D eigenvalue weighted by atomic mass is 9.85. The van der Waals surface area contributed by atoms with Crippen molar-refractivity contribution < 1.29 is 14.3 Å². The largest absolute Gasteiger partial charge is 0.469 e. The molecule has 0 aromatic rings. The third-order valence-electron chi connectivity index (χ3n) is 2.77. The van der Waals surface area contributed by atoms with Crippen LogP contribution in [0.4, 0.5) is 0 Å². The summed E-state index contributed by atoms with van der Waals surface area (Å²) in [5.41, 5.74) is 1.04. The van der Waals surface area contributed by atoms with E-state index in [4.69, 9.17) is 4.74 Å². The number of rotatable bonds is 6. The van der Waals surface area contributed by atoms with Crippen LogP contribution in [0.2, 0.25) is 0 Å². The van der Waals surface area contributed by atoms with Crippen molar-refractivity contribution in [3.63, 3.8) is 0 Å². The van der Waals surface area contributed by atoms with Gasteiger partial charge in [-0.1, -0.05) is 26.0 Å². The molecule has 0 bridgehead atoms. The van der Waals surface area contributed by atoms with Gasteiger partial charge in [0, 0.05) is 13.0 Å². The molecule has 88 valence electrons. The minimum absolute atomic E-state index is 0.0148. The summed E-state index contributed by atoms with van der Waals surface area (Å²) in [6, 6.07) is 0. The van der Waals surface area contributed by atoms with E-state index in [9.17, 15) is 4.79 Å². The molecule has 0 heterocycles. The molecule has 0 aromatic carbocycles. The Morgan fingerprint density at radius 1 is 1.27 bits per heavy atom. The Labute approximate surface area is 92.5 Å². The van der Waals surface area contributed by atoms with E-state index in [1.807, 2.05) is 6.92 Å². The normalized spacial score (nSPS) is 14.8. The van der Waals surface area contributed by atoms with Crippen molar-refractivity contribution in [1.29, 1.82) is 0 Å². The van der Waals surface area contributed by atoms with Gasteiger partial charge >= 0.3 is 5.97 Å². The zero-order valence-electron chi connectivity index (χ0n) is 10.4. The second kappa shape index (κ2) is 6.62. The van der Waals surface area contributed by atoms with E-state index in [1.54, 1.807) is 7.11 Å². The number of carbonyl (C=O) groups is 1. The van der Waals surface area contributed by atoms with Crippen LogP contribution in [-0.4, -0.2) is 26.3 Å². The van der Waals surface area contributed by atoms with Gasteiger partial charge in [0.15, 0.2) is 0 Å². The molecule has 0 unspecified atom stereocenters. The standard InChI is InChI=1S/C12H22O3/c1-8(2)9(3)11(10(4)14-5)7-12(13)15-6/h8,10-11H,3,7H2,1-2,4-6H3/t10-,11+/m0/s1. The molecule has 0 aliphatic rings. The first-order valence-electron chi connectivity index (χ1n) is 5.22. The molecule has 0 aromatic heterocycles. The van der Waals surface area contributed by atoms with Crippen LogP contribution in [0.15, 0.2) is 12.2 Å². The number of ether oxygens (including phenoxy) is 2. The summed E-state index contributed by atoms with van der Waals surface area (Å²) in [6.45, 7) is 10.1. The van der Waals surface area contributed by atoms with Crippen LogP contribution in [0.25, 0.3) is 0 Å². The zero-order chi connectivity index (χ0) is 12.0. The maximum absolute atomic E-state index is 11.3. The molecule has 0 spiro atoms. The van der Waals surface area contributed by atoms with Crippen molar-refractivity contribution in [3.05, 3.63) is 12.2 Å². The quantitative estimate of drug-likeness (QED) is 0.503. The third kappa shape index (κ3) is 4.47. The predicted molar refractivity (Wildman–Crippen MR) is 60.6 cm³/mol. The van der Waals surface area contributed by atoms with Gasteiger partial charge in [-0.05, 0) is 12.8 Å². The Balaban J connectivity index is 4.58. The topological polar surface area (TPSA) is 35.5 Å². The van der Waals surface area contributed by atoms with E-state index in [0.717, 1.165) is 5.57 Å². The lowest BCUT2D eigenvalue weighted by Gasteiger charge is -2.26. The van der Waals surface area contributed by atoms with E-state index < -0.39 is 0 Å². The average Bonchev–Trinajstić information content (AvgIpc) is 2.23. The van der Waals surface area contributed by atoms with Gasteiger partial charge in [0.2, 0.25) is 0 Å². The number of carbonyl (C=O) groups excluding carboxylic acids is 1. The van der Waals surface area contributed by atoms with Gasteiger partial charge < -0.3 is 9.47 Å². The fraction of sp³-hybridized carbons (Fsp3) is 0.750. The van der Waals surface area contributed by atoms with Gasteiger partial charge in [-0.3, -0.25) is 4.79 Å². The Hall–Kier alpha value is -0.830. The SMILES string of the molecule is C=C(C(C)C)[C@@H](CC(=O)OC)[C@H](C)OC. The van der Waals surface area contributed by atoms with Crippen LogP contribution >= 0.6 is 0 Å². The van der Waals surface area contributed by atoms with Crippen LogP contribution in [0.1, 0.15) is 27.2 Å². The fourth-order valence-electron chi connectivity index (χ4n) is 1.45. The second-order valence-corrected chi connectivity index (χ2v) is 4.06. The molecule has 3 heteroatoms. The van der Waals surface area contributed by atoms with E-state index in [0.29, 0.717) is 12.3 Å². The first kappa shape index (κ1) is 14.2. The molecular formula is C12H22O3. The maximum atomic E-state index is 11.3. The monoisotopic (exact) mass is 214 g/mol. The summed E-state index contributed by atoms with van der Waals surface area (Å²) in [6.07, 6.45) is 0.321. The Morgan fingerprint density at radius 2 is 1.80 bits per heavy atom. The van der Waals surface area contributed by atoms with Gasteiger partial charge in [-0.15, -0.1) is 0 Å². The summed E-state index contributed by atoms with van der Waals surface area (Å²) >= 11 is 0. The van der Waals surface area contributed by atoms with Crippen molar-refractivity contribution in [1.82, 2.24) is 0 Å². The van der Waals surface area contributed by atoms with Gasteiger partial charge in [0.05, 0.1) is 19.6 Å². The number of esters is 1. The molecule has 0 saturated heterocycles. The van der Waals surface area contributed by atoms with Crippen molar-refractivity contribution in [2.75, 3.05) is 14.2 Å². The first-order valence-corrected chi connectivity index (χ1v) is 5.22. The third-order valence-corrected chi connectivity index (χ3v) is 2.77. The van der Waals surface area contributed by atoms with Crippen LogP contribution in [-0.2, 0) is 14.3 Å². The van der Waals surface area contributed by atoms with E-state index in [-0.39, 0.29) is 18.0 Å². The molecule has 0 radical (unpaired) electrons. The molecule has 0 aliphatic heterocycles.